The maximum Gasteiger partial charge on any atom is 0.330 e. The first-order chi connectivity index (χ1) is 16.5. The molecule has 198 valence electrons. The van der Waals surface area contributed by atoms with Crippen molar-refractivity contribution >= 4 is 8.60 Å². The topological polar surface area (TPSA) is 61.6 Å². The molecule has 0 radical (unpaired) electrons. The molecule has 0 aliphatic rings. The van der Waals surface area contributed by atoms with Gasteiger partial charge in [-0.25, -0.2) is 0 Å². The molecule has 1 aromatic carbocycles. The average Bonchev–Trinajstić information content (AvgIpc) is 2.82. The number of methoxy groups -OCH3 is 1. The molecule has 2 unspecified atom stereocenters. The number of benzene rings is 1. The van der Waals surface area contributed by atoms with Crippen LogP contribution in [0.25, 0.3) is 0 Å². The van der Waals surface area contributed by atoms with Gasteiger partial charge in [-0.15, -0.1) is 0 Å². The van der Waals surface area contributed by atoms with Crippen LogP contribution in [-0.2, 0) is 20.2 Å². The molecule has 34 heavy (non-hydrogen) atoms. The summed E-state index contributed by atoms with van der Waals surface area (Å²) in [6.45, 7) is 4.14. The van der Waals surface area contributed by atoms with Gasteiger partial charge in [0.15, 0.2) is 0 Å². The lowest BCUT2D eigenvalue weighted by Gasteiger charge is -2.18. The van der Waals surface area contributed by atoms with Gasteiger partial charge in [-0.05, 0) is 30.5 Å². The minimum atomic E-state index is -1.89. The van der Waals surface area contributed by atoms with E-state index in [1.165, 1.54) is 81.1 Å². The normalized spacial score (nSPS) is 13.4. The molecule has 0 saturated carbocycles. The van der Waals surface area contributed by atoms with Crippen molar-refractivity contribution in [1.82, 2.24) is 0 Å². The van der Waals surface area contributed by atoms with Crippen molar-refractivity contribution in [2.45, 2.75) is 90.1 Å². The van der Waals surface area contributed by atoms with Gasteiger partial charge in [-0.2, -0.15) is 0 Å². The van der Waals surface area contributed by atoms with Gasteiger partial charge < -0.3 is 28.3 Å². The van der Waals surface area contributed by atoms with Crippen LogP contribution in [0.2, 0.25) is 0 Å². The molecule has 7 heteroatoms. The highest BCUT2D eigenvalue weighted by molar-refractivity contribution is 7.40. The molecule has 0 aromatic heterocycles. The first-order valence-corrected chi connectivity index (χ1v) is 14.5. The van der Waals surface area contributed by atoms with Crippen molar-refractivity contribution in [3.63, 3.8) is 0 Å². The van der Waals surface area contributed by atoms with Gasteiger partial charge in [0.05, 0.1) is 20.7 Å². The molecule has 0 saturated heterocycles. The molecule has 0 heterocycles. The zero-order chi connectivity index (χ0) is 24.9. The molecule has 0 aliphatic carbocycles. The van der Waals surface area contributed by atoms with Gasteiger partial charge >= 0.3 is 8.60 Å². The Kier molecular flexibility index (Phi) is 19.8. The first-order valence-electron chi connectivity index (χ1n) is 13.3. The Morgan fingerprint density at radius 3 is 2.15 bits per heavy atom. The number of hydrogen-bond donors (Lipinski definition) is 2. The number of nitrogens with one attached hydrogen (secondary N) is 1. The maximum absolute atomic E-state index is 9.85. The summed E-state index contributed by atoms with van der Waals surface area (Å²) in [5.41, 5.74) is 1.31. The molecule has 0 bridgehead atoms. The van der Waals surface area contributed by atoms with Crippen molar-refractivity contribution in [3.8, 4) is 5.75 Å². The highest BCUT2D eigenvalue weighted by atomic mass is 31.2. The molecule has 1 rings (SSSR count). The highest BCUT2D eigenvalue weighted by Gasteiger charge is 2.14. The Morgan fingerprint density at radius 1 is 0.882 bits per heavy atom. The molecule has 0 aliphatic heterocycles. The molecular formula is C27H51NO5P+. The monoisotopic (exact) mass is 500 g/mol. The van der Waals surface area contributed by atoms with Gasteiger partial charge in [0.25, 0.3) is 0 Å². The molecule has 0 fully saturated rings. The summed E-state index contributed by atoms with van der Waals surface area (Å²) < 4.78 is 22.1. The van der Waals surface area contributed by atoms with Crippen LogP contribution in [0.1, 0.15) is 83.1 Å². The fraction of sp³-hybridized carbons (Fsp3) is 0.778. The molecular weight excluding hydrogens is 449 g/mol. The van der Waals surface area contributed by atoms with Crippen molar-refractivity contribution in [3.05, 3.63) is 29.8 Å². The van der Waals surface area contributed by atoms with E-state index >= 15 is 0 Å². The molecule has 0 spiro atoms. The third kappa shape index (κ3) is 17.7. The zero-order valence-corrected chi connectivity index (χ0v) is 23.1. The largest absolute Gasteiger partial charge is 0.491 e. The minimum absolute atomic E-state index is 0.228. The molecule has 2 N–H and O–H groups in total. The highest BCUT2D eigenvalue weighted by Crippen LogP contribution is 2.32. The van der Waals surface area contributed by atoms with Crippen LogP contribution in [0.3, 0.4) is 0 Å². The summed E-state index contributed by atoms with van der Waals surface area (Å²) in [5.74, 6) is 0.846. The Labute approximate surface area is 210 Å². The summed E-state index contributed by atoms with van der Waals surface area (Å²) in [6.07, 6.45) is 15.8. The summed E-state index contributed by atoms with van der Waals surface area (Å²) >= 11 is 0. The Bertz CT molecular complexity index is 590. The van der Waals surface area contributed by atoms with E-state index in [4.69, 9.17) is 18.5 Å². The molecule has 0 amide bonds. The fourth-order valence-corrected chi connectivity index (χ4v) is 4.29. The number of aryl methyl sites for hydroxylation is 1. The van der Waals surface area contributed by atoms with Crippen LogP contribution in [0.15, 0.2) is 24.3 Å². The van der Waals surface area contributed by atoms with Crippen LogP contribution in [0.4, 0.5) is 0 Å². The standard InChI is InChI=1S/C27H50NO5P/c1-5-6-7-8-9-10-11-12-13-14-15-17-25-18-16-19-26(22-25)31-23-27(30-4)24-33-34(29)32-21-20-28(2)3/h16,18-19,22,27,29H,5-15,17,20-21,23-24H2,1-4H3/p+1. The number of rotatable bonds is 23. The van der Waals surface area contributed by atoms with E-state index in [0.717, 1.165) is 18.7 Å². The van der Waals surface area contributed by atoms with E-state index in [1.807, 2.05) is 20.2 Å². The van der Waals surface area contributed by atoms with Crippen LogP contribution < -0.4 is 9.64 Å². The Hall–Kier alpha value is -0.750. The SMILES string of the molecule is CCCCCCCCCCCCCc1cccc(OCC(COP(O)OCC[NH+](C)C)OC)c1. The molecule has 6 nitrogen and oxygen atoms in total. The second-order valence-corrected chi connectivity index (χ2v) is 10.4. The second kappa shape index (κ2) is 21.5. The van der Waals surface area contributed by atoms with Crippen LogP contribution in [0, 0.1) is 0 Å². The Morgan fingerprint density at radius 2 is 1.53 bits per heavy atom. The lowest BCUT2D eigenvalue weighted by atomic mass is 10.0. The van der Waals surface area contributed by atoms with E-state index in [1.54, 1.807) is 7.11 Å². The molecule has 2 atom stereocenters. The third-order valence-corrected chi connectivity index (χ3v) is 6.68. The summed E-state index contributed by atoms with van der Waals surface area (Å²) in [4.78, 5) is 11.1. The van der Waals surface area contributed by atoms with Gasteiger partial charge in [-0.3, -0.25) is 0 Å². The predicted molar refractivity (Wildman–Crippen MR) is 142 cm³/mol. The number of likely N-dealkylation sites (N-methyl/N-ethyl adjacent to an activating group) is 1. The third-order valence-electron chi connectivity index (χ3n) is 5.91. The number of unbranched alkanes of at least 4 members (excludes halogenated alkanes) is 10. The van der Waals surface area contributed by atoms with E-state index in [9.17, 15) is 4.89 Å². The quantitative estimate of drug-likeness (QED) is 0.157. The van der Waals surface area contributed by atoms with Gasteiger partial charge in [-0.1, -0.05) is 83.3 Å². The summed E-state index contributed by atoms with van der Waals surface area (Å²) in [7, 11) is 3.81. The van der Waals surface area contributed by atoms with Crippen LogP contribution in [0.5, 0.6) is 5.75 Å². The van der Waals surface area contributed by atoms with Crippen molar-refractivity contribution in [1.29, 1.82) is 0 Å². The zero-order valence-electron chi connectivity index (χ0n) is 22.2. The van der Waals surface area contributed by atoms with Gasteiger partial charge in [0.1, 0.15) is 31.6 Å². The van der Waals surface area contributed by atoms with Crippen molar-refractivity contribution in [2.75, 3.05) is 47.6 Å². The lowest BCUT2D eigenvalue weighted by Crippen LogP contribution is -3.06. The Balaban J connectivity index is 2.16. The van der Waals surface area contributed by atoms with Crippen molar-refractivity contribution < 1.29 is 28.3 Å². The number of quaternary nitrogens is 1. The maximum atomic E-state index is 9.85. The number of hydrogen-bond acceptors (Lipinski definition) is 5. The van der Waals surface area contributed by atoms with E-state index < -0.39 is 8.60 Å². The van der Waals surface area contributed by atoms with Crippen LogP contribution >= 0.6 is 8.60 Å². The van der Waals surface area contributed by atoms with E-state index in [-0.39, 0.29) is 12.7 Å². The van der Waals surface area contributed by atoms with E-state index in [2.05, 4.69) is 25.1 Å². The van der Waals surface area contributed by atoms with Crippen molar-refractivity contribution in [2.24, 2.45) is 0 Å². The summed E-state index contributed by atoms with van der Waals surface area (Å²) in [6, 6.07) is 8.32. The van der Waals surface area contributed by atoms with Gasteiger partial charge in [0.2, 0.25) is 0 Å². The van der Waals surface area contributed by atoms with E-state index in [0.29, 0.717) is 13.2 Å². The first kappa shape index (κ1) is 31.3. The summed E-state index contributed by atoms with van der Waals surface area (Å²) in [5, 5.41) is 0. The fourth-order valence-electron chi connectivity index (χ4n) is 3.67. The average molecular weight is 501 g/mol. The van der Waals surface area contributed by atoms with Crippen LogP contribution in [-0.4, -0.2) is 58.6 Å². The molecule has 1 aromatic rings. The minimum Gasteiger partial charge on any atom is -0.491 e. The van der Waals surface area contributed by atoms with Gasteiger partial charge in [0, 0.05) is 7.11 Å². The number of ether oxygens (including phenoxy) is 2. The smallest absolute Gasteiger partial charge is 0.330 e. The second-order valence-electron chi connectivity index (χ2n) is 9.43. The predicted octanol–water partition coefficient (Wildman–Crippen LogP) is 5.33. The lowest BCUT2D eigenvalue weighted by molar-refractivity contribution is -0.858.